The Bertz CT molecular complexity index is 785. The number of nitrogens with one attached hydrogen (secondary N) is 1. The lowest BCUT2D eigenvalue weighted by atomic mass is 10.0. The molecule has 0 aliphatic carbocycles. The average Bonchev–Trinajstić information content (AvgIpc) is 3.24. The van der Waals surface area contributed by atoms with Gasteiger partial charge in [-0.3, -0.25) is 5.10 Å². The predicted octanol–water partition coefficient (Wildman–Crippen LogP) is 2.82. The lowest BCUT2D eigenvalue weighted by molar-refractivity contribution is 0.129. The monoisotopic (exact) mass is 327 g/mol. The molecule has 1 aliphatic heterocycles. The Kier molecular flexibility index (Phi) is 4.17. The molecule has 1 saturated heterocycles. The van der Waals surface area contributed by atoms with Crippen molar-refractivity contribution >= 4 is 16.9 Å². The van der Waals surface area contributed by atoms with Crippen LogP contribution in [0, 0.1) is 0 Å². The minimum absolute atomic E-state index is 0.209. The first-order valence-corrected chi connectivity index (χ1v) is 8.45. The van der Waals surface area contributed by atoms with Crippen molar-refractivity contribution in [3.8, 4) is 0 Å². The Morgan fingerprint density at radius 3 is 3.17 bits per heavy atom. The number of rotatable bonds is 4. The molecule has 1 fully saturated rings. The quantitative estimate of drug-likeness (QED) is 0.765. The first kappa shape index (κ1) is 15.1. The van der Waals surface area contributed by atoms with Gasteiger partial charge < -0.3 is 14.4 Å². The van der Waals surface area contributed by atoms with Crippen LogP contribution in [-0.4, -0.2) is 37.9 Å². The van der Waals surface area contributed by atoms with Crippen LogP contribution >= 0.6 is 0 Å². The van der Waals surface area contributed by atoms with Gasteiger partial charge in [0.1, 0.15) is 24.0 Å². The van der Waals surface area contributed by atoms with E-state index < -0.39 is 6.10 Å². The van der Waals surface area contributed by atoms with E-state index in [0.717, 1.165) is 42.7 Å². The second-order valence-corrected chi connectivity index (χ2v) is 6.29. The number of anilines is 1. The molecule has 0 aromatic carbocycles. The number of aliphatic hydroxyl groups excluding tert-OH is 1. The molecule has 4 rings (SSSR count). The van der Waals surface area contributed by atoms with Gasteiger partial charge in [-0.1, -0.05) is 12.8 Å². The van der Waals surface area contributed by atoms with Crippen LogP contribution in [0.5, 0.6) is 0 Å². The molecule has 4 heterocycles. The number of hydrogen-bond acceptors (Lipinski definition) is 6. The largest absolute Gasteiger partial charge is 0.467 e. The van der Waals surface area contributed by atoms with Crippen LogP contribution in [0.4, 0.5) is 5.82 Å². The lowest BCUT2D eigenvalue weighted by Crippen LogP contribution is -2.36. The summed E-state index contributed by atoms with van der Waals surface area (Å²) in [4.78, 5) is 11.0. The van der Waals surface area contributed by atoms with Crippen molar-refractivity contribution in [2.45, 2.75) is 44.2 Å². The Morgan fingerprint density at radius 2 is 2.29 bits per heavy atom. The minimum Gasteiger partial charge on any atom is -0.467 e. The first-order valence-electron chi connectivity index (χ1n) is 8.45. The lowest BCUT2D eigenvalue weighted by Gasteiger charge is -2.32. The summed E-state index contributed by atoms with van der Waals surface area (Å²) in [7, 11) is 0. The zero-order valence-electron chi connectivity index (χ0n) is 13.4. The molecule has 126 valence electrons. The van der Waals surface area contributed by atoms with Crippen LogP contribution in [0.25, 0.3) is 11.0 Å². The van der Waals surface area contributed by atoms with Gasteiger partial charge in [-0.05, 0) is 25.0 Å². The minimum atomic E-state index is -0.604. The highest BCUT2D eigenvalue weighted by Crippen LogP contribution is 2.32. The van der Waals surface area contributed by atoms with Crippen molar-refractivity contribution in [3.05, 3.63) is 36.7 Å². The van der Waals surface area contributed by atoms with Gasteiger partial charge >= 0.3 is 0 Å². The molecule has 24 heavy (non-hydrogen) atoms. The number of hydrogen-bond donors (Lipinski definition) is 2. The van der Waals surface area contributed by atoms with Crippen LogP contribution in [0.15, 0.2) is 35.3 Å². The third-order valence-electron chi connectivity index (χ3n) is 4.74. The summed E-state index contributed by atoms with van der Waals surface area (Å²) in [5, 5.41) is 18.4. The maximum atomic E-state index is 10.5. The summed E-state index contributed by atoms with van der Waals surface area (Å²) < 4.78 is 5.36. The molecule has 2 N–H and O–H groups in total. The van der Waals surface area contributed by atoms with Crippen LogP contribution in [0.2, 0.25) is 0 Å². The average molecular weight is 327 g/mol. The maximum absolute atomic E-state index is 10.5. The van der Waals surface area contributed by atoms with Gasteiger partial charge in [0.25, 0.3) is 0 Å². The third kappa shape index (κ3) is 2.87. The topological polar surface area (TPSA) is 91.1 Å². The van der Waals surface area contributed by atoms with Gasteiger partial charge in [0.2, 0.25) is 0 Å². The van der Waals surface area contributed by atoms with Crippen molar-refractivity contribution < 1.29 is 9.52 Å². The number of furan rings is 1. The number of aliphatic hydroxyl groups is 1. The molecule has 3 aromatic rings. The maximum Gasteiger partial charge on any atom is 0.160 e. The van der Waals surface area contributed by atoms with Crippen LogP contribution in [0.1, 0.15) is 44.0 Å². The SMILES string of the molecule is O[C@@H](C[C@@H]1CCCCCN1c1ncnc2[nH]ncc12)c1ccco1. The molecule has 0 bridgehead atoms. The highest BCUT2D eigenvalue weighted by atomic mass is 16.4. The molecule has 0 unspecified atom stereocenters. The Labute approximate surface area is 139 Å². The highest BCUT2D eigenvalue weighted by Gasteiger charge is 2.27. The molecular formula is C17H21N5O2. The zero-order chi connectivity index (χ0) is 16.4. The second kappa shape index (κ2) is 6.60. The van der Waals surface area contributed by atoms with E-state index in [2.05, 4.69) is 25.1 Å². The van der Waals surface area contributed by atoms with Gasteiger partial charge in [0, 0.05) is 19.0 Å². The van der Waals surface area contributed by atoms with Crippen LogP contribution in [0.3, 0.4) is 0 Å². The molecule has 0 radical (unpaired) electrons. The Morgan fingerprint density at radius 1 is 1.33 bits per heavy atom. The van der Waals surface area contributed by atoms with Crippen molar-refractivity contribution in [1.29, 1.82) is 0 Å². The van der Waals surface area contributed by atoms with E-state index in [4.69, 9.17) is 4.42 Å². The van der Waals surface area contributed by atoms with E-state index in [1.54, 1.807) is 18.8 Å². The molecule has 2 atom stereocenters. The fourth-order valence-corrected chi connectivity index (χ4v) is 3.54. The van der Waals surface area contributed by atoms with Crippen molar-refractivity contribution in [1.82, 2.24) is 20.2 Å². The van der Waals surface area contributed by atoms with Gasteiger partial charge in [-0.2, -0.15) is 5.10 Å². The fraction of sp³-hybridized carbons (Fsp3) is 0.471. The normalized spacial score (nSPS) is 20.2. The molecule has 0 saturated carbocycles. The number of fused-ring (bicyclic) bond motifs is 1. The van der Waals surface area contributed by atoms with Gasteiger partial charge in [-0.15, -0.1) is 0 Å². The van der Waals surface area contributed by atoms with Crippen LogP contribution in [-0.2, 0) is 0 Å². The van der Waals surface area contributed by atoms with Crippen molar-refractivity contribution in [3.63, 3.8) is 0 Å². The smallest absolute Gasteiger partial charge is 0.160 e. The molecule has 1 aliphatic rings. The van der Waals surface area contributed by atoms with Crippen molar-refractivity contribution in [2.24, 2.45) is 0 Å². The van der Waals surface area contributed by atoms with Crippen LogP contribution < -0.4 is 4.90 Å². The fourth-order valence-electron chi connectivity index (χ4n) is 3.54. The highest BCUT2D eigenvalue weighted by molar-refractivity contribution is 5.86. The van der Waals surface area contributed by atoms with E-state index in [1.165, 1.54) is 6.42 Å². The van der Waals surface area contributed by atoms with Crippen molar-refractivity contribution in [2.75, 3.05) is 11.4 Å². The molecular weight excluding hydrogens is 306 g/mol. The number of H-pyrrole nitrogens is 1. The summed E-state index contributed by atoms with van der Waals surface area (Å²) in [5.41, 5.74) is 0.745. The number of aromatic amines is 1. The van der Waals surface area contributed by atoms with E-state index in [1.807, 2.05) is 12.1 Å². The molecule has 0 amide bonds. The zero-order valence-corrected chi connectivity index (χ0v) is 13.4. The number of nitrogens with zero attached hydrogens (tertiary/aromatic N) is 4. The molecule has 3 aromatic heterocycles. The summed E-state index contributed by atoms with van der Waals surface area (Å²) in [6.07, 6.45) is 9.47. The summed E-state index contributed by atoms with van der Waals surface area (Å²) in [6, 6.07) is 3.84. The Hall–Kier alpha value is -2.41. The summed E-state index contributed by atoms with van der Waals surface area (Å²) in [5.74, 6) is 1.52. The Balaban J connectivity index is 1.64. The third-order valence-corrected chi connectivity index (χ3v) is 4.74. The van der Waals surface area contributed by atoms with E-state index >= 15 is 0 Å². The summed E-state index contributed by atoms with van der Waals surface area (Å²) >= 11 is 0. The standard InChI is InChI=1S/C17H21N5O2/c23-14(15-6-4-8-24-15)9-12-5-2-1-3-7-22(12)17-13-10-20-21-16(13)18-11-19-17/h4,6,8,10-12,14,23H,1-3,5,7,9H2,(H,18,19,20,21)/t12-,14-/m0/s1. The molecule has 7 nitrogen and oxygen atoms in total. The van der Waals surface area contributed by atoms with Gasteiger partial charge in [0.15, 0.2) is 5.65 Å². The second-order valence-electron chi connectivity index (χ2n) is 6.29. The number of aromatic nitrogens is 4. The van der Waals surface area contributed by atoms with Gasteiger partial charge in [0.05, 0.1) is 17.8 Å². The molecule has 0 spiro atoms. The summed E-state index contributed by atoms with van der Waals surface area (Å²) in [6.45, 7) is 0.923. The first-order chi connectivity index (χ1) is 11.8. The predicted molar refractivity (Wildman–Crippen MR) is 89.6 cm³/mol. The van der Waals surface area contributed by atoms with E-state index in [-0.39, 0.29) is 6.04 Å². The van der Waals surface area contributed by atoms with Gasteiger partial charge in [-0.25, -0.2) is 9.97 Å². The molecule has 7 heteroatoms. The van der Waals surface area contributed by atoms with E-state index in [9.17, 15) is 5.11 Å². The van der Waals surface area contributed by atoms with E-state index in [0.29, 0.717) is 12.2 Å².